The van der Waals surface area contributed by atoms with E-state index in [4.69, 9.17) is 11.6 Å². The number of nitrogens with zero attached hydrogens (tertiary/aromatic N) is 2. The summed E-state index contributed by atoms with van der Waals surface area (Å²) in [6.07, 6.45) is 6.43. The van der Waals surface area contributed by atoms with E-state index in [0.717, 1.165) is 23.4 Å². The average molecular weight is 384 g/mol. The van der Waals surface area contributed by atoms with Gasteiger partial charge in [-0.3, -0.25) is 5.32 Å². The van der Waals surface area contributed by atoms with Gasteiger partial charge in [0.15, 0.2) is 0 Å². The first-order chi connectivity index (χ1) is 12.8. The van der Waals surface area contributed by atoms with Crippen LogP contribution in [0.15, 0.2) is 30.3 Å². The van der Waals surface area contributed by atoms with E-state index in [1.807, 2.05) is 29.5 Å². The monoisotopic (exact) mass is 383 g/mol. The van der Waals surface area contributed by atoms with Gasteiger partial charge in [0.1, 0.15) is 12.2 Å². The minimum absolute atomic E-state index is 0.0951. The highest BCUT2D eigenvalue weighted by atomic mass is 35.5. The van der Waals surface area contributed by atoms with Crippen LogP contribution in [0, 0.1) is 11.3 Å². The molecule has 1 fully saturated rings. The molecular weight excluding hydrogens is 366 g/mol. The van der Waals surface area contributed by atoms with Crippen LogP contribution in [0.3, 0.4) is 0 Å². The summed E-state index contributed by atoms with van der Waals surface area (Å²) in [7, 11) is 0. The van der Waals surface area contributed by atoms with E-state index in [2.05, 4.69) is 45.4 Å². The summed E-state index contributed by atoms with van der Waals surface area (Å²) in [5.41, 5.74) is 10.1. The average Bonchev–Trinajstić information content (AvgIpc) is 3.26. The Morgan fingerprint density at radius 3 is 3.04 bits per heavy atom. The van der Waals surface area contributed by atoms with Gasteiger partial charge >= 0.3 is 0 Å². The first kappa shape index (κ1) is 16.3. The predicted octanol–water partition coefficient (Wildman–Crippen LogP) is 3.14. The summed E-state index contributed by atoms with van der Waals surface area (Å²) in [5.74, 6) is 0. The van der Waals surface area contributed by atoms with Crippen LogP contribution < -0.4 is 21.1 Å². The largest absolute Gasteiger partial charge is 0.330 e. The maximum atomic E-state index is 9.80. The number of rotatable bonds is 1. The molecule has 1 aliphatic carbocycles. The summed E-state index contributed by atoms with van der Waals surface area (Å²) >= 11 is 8.38. The number of anilines is 1. The molecule has 3 N–H and O–H groups in total. The Labute approximate surface area is 161 Å². The number of hydrazine groups is 1. The van der Waals surface area contributed by atoms with Gasteiger partial charge in [0.2, 0.25) is 0 Å². The number of benzene rings is 1. The second kappa shape index (κ2) is 6.38. The van der Waals surface area contributed by atoms with Crippen molar-refractivity contribution in [3.05, 3.63) is 56.9 Å². The molecule has 3 aliphatic rings. The Bertz CT molecular complexity index is 930. The number of nitriles is 1. The highest BCUT2D eigenvalue weighted by Crippen LogP contribution is 2.47. The smallest absolute Gasteiger partial charge is 0.131 e. The Balaban J connectivity index is 1.75. The molecule has 0 radical (unpaired) electrons. The van der Waals surface area contributed by atoms with Crippen molar-refractivity contribution in [3.63, 3.8) is 0 Å². The molecule has 3 unspecified atom stereocenters. The van der Waals surface area contributed by atoms with Gasteiger partial charge in [-0.1, -0.05) is 35.9 Å². The number of fused-ring (bicyclic) bond motifs is 5. The fourth-order valence-electron chi connectivity index (χ4n) is 4.09. The van der Waals surface area contributed by atoms with Crippen LogP contribution in [0.25, 0.3) is 6.08 Å². The first-order valence-corrected chi connectivity index (χ1v) is 9.94. The normalized spacial score (nSPS) is 26.6. The molecule has 3 atom stereocenters. The third-order valence-corrected chi connectivity index (χ3v) is 6.89. The van der Waals surface area contributed by atoms with Crippen molar-refractivity contribution in [3.8, 4) is 6.07 Å². The Morgan fingerprint density at radius 1 is 1.31 bits per heavy atom. The Morgan fingerprint density at radius 2 is 2.19 bits per heavy atom. The molecule has 5 rings (SSSR count). The molecule has 2 aliphatic heterocycles. The van der Waals surface area contributed by atoms with Gasteiger partial charge in [0.25, 0.3) is 0 Å². The third-order valence-electron chi connectivity index (χ3n) is 5.29. The fraction of sp³-hybridized carbons (Fsp3) is 0.316. The third kappa shape index (κ3) is 2.40. The molecule has 7 heteroatoms. The van der Waals surface area contributed by atoms with Crippen LogP contribution in [-0.4, -0.2) is 18.9 Å². The number of hydrogen-bond donors (Lipinski definition) is 3. The maximum absolute atomic E-state index is 9.80. The van der Waals surface area contributed by atoms with Gasteiger partial charge in [-0.05, 0) is 36.1 Å². The lowest BCUT2D eigenvalue weighted by atomic mass is 9.91. The molecule has 1 aromatic carbocycles. The molecule has 26 heavy (non-hydrogen) atoms. The molecule has 1 saturated heterocycles. The summed E-state index contributed by atoms with van der Waals surface area (Å²) < 4.78 is 0. The van der Waals surface area contributed by atoms with E-state index in [-0.39, 0.29) is 18.2 Å². The molecule has 2 aromatic rings. The minimum atomic E-state index is -0.361. The van der Waals surface area contributed by atoms with Crippen LogP contribution >= 0.6 is 22.9 Å². The van der Waals surface area contributed by atoms with Gasteiger partial charge < -0.3 is 4.90 Å². The van der Waals surface area contributed by atoms with Crippen molar-refractivity contribution in [2.24, 2.45) is 0 Å². The highest BCUT2D eigenvalue weighted by molar-refractivity contribution is 7.17. The zero-order chi connectivity index (χ0) is 17.7. The van der Waals surface area contributed by atoms with Crippen LogP contribution in [0.1, 0.15) is 34.0 Å². The Hall–Kier alpha value is -1.88. The van der Waals surface area contributed by atoms with Crippen LogP contribution in [0.2, 0.25) is 5.02 Å². The molecule has 0 bridgehead atoms. The van der Waals surface area contributed by atoms with E-state index in [1.54, 1.807) is 0 Å². The minimum Gasteiger partial charge on any atom is -0.330 e. The molecule has 3 heterocycles. The van der Waals surface area contributed by atoms with Crippen molar-refractivity contribution >= 4 is 34.0 Å². The number of hydrogen-bond acceptors (Lipinski definition) is 6. The van der Waals surface area contributed by atoms with Crippen LogP contribution in [0.5, 0.6) is 0 Å². The second-order valence-electron chi connectivity index (χ2n) is 6.73. The molecule has 5 nitrogen and oxygen atoms in total. The van der Waals surface area contributed by atoms with Crippen molar-refractivity contribution in [2.45, 2.75) is 31.1 Å². The number of thiophene rings is 1. The van der Waals surface area contributed by atoms with Crippen molar-refractivity contribution in [1.82, 2.24) is 16.2 Å². The van der Waals surface area contributed by atoms with Gasteiger partial charge in [0.05, 0.1) is 23.8 Å². The van der Waals surface area contributed by atoms with Gasteiger partial charge in [0, 0.05) is 15.5 Å². The molecular formula is C19H18ClN5S. The van der Waals surface area contributed by atoms with Crippen molar-refractivity contribution in [2.75, 3.05) is 11.6 Å². The van der Waals surface area contributed by atoms with E-state index in [1.165, 1.54) is 21.0 Å². The number of nitrogens with one attached hydrogen (secondary N) is 3. The van der Waals surface area contributed by atoms with Gasteiger partial charge in [-0.15, -0.1) is 11.3 Å². The van der Waals surface area contributed by atoms with Crippen molar-refractivity contribution < 1.29 is 0 Å². The SMILES string of the molecule is N#CC1NC(c2ccccc2Cl)c2c(sc3c2CCC=C3)N2CNNC12. The number of allylic oxidation sites excluding steroid dienone is 1. The standard InChI is InChI=1S/C19H18ClN5S/c20-13-7-3-1-5-11(13)17-16-12-6-2-4-8-15(12)26-19(16)25-10-22-24-18(25)14(9-21)23-17/h1,3-5,7-8,14,17-18,22-24H,2,6,10H2. The lowest BCUT2D eigenvalue weighted by Gasteiger charge is -2.25. The second-order valence-corrected chi connectivity index (χ2v) is 8.16. The lowest BCUT2D eigenvalue weighted by molar-refractivity contribution is 0.436. The van der Waals surface area contributed by atoms with Gasteiger partial charge in [-0.25, -0.2) is 10.9 Å². The molecule has 132 valence electrons. The fourth-order valence-corrected chi connectivity index (χ4v) is 5.69. The molecule has 0 spiro atoms. The first-order valence-electron chi connectivity index (χ1n) is 8.75. The van der Waals surface area contributed by atoms with E-state index in [9.17, 15) is 5.26 Å². The molecule has 1 aromatic heterocycles. The molecule has 0 saturated carbocycles. The number of halogens is 1. The topological polar surface area (TPSA) is 63.1 Å². The van der Waals surface area contributed by atoms with Crippen molar-refractivity contribution in [1.29, 1.82) is 5.26 Å². The van der Waals surface area contributed by atoms with Gasteiger partial charge in [-0.2, -0.15) is 5.26 Å². The van der Waals surface area contributed by atoms with Crippen LogP contribution in [0.4, 0.5) is 5.00 Å². The van der Waals surface area contributed by atoms with Crippen LogP contribution in [-0.2, 0) is 6.42 Å². The summed E-state index contributed by atoms with van der Waals surface area (Å²) in [5, 5.41) is 15.3. The Kier molecular flexibility index (Phi) is 4.00. The van der Waals surface area contributed by atoms with E-state index < -0.39 is 0 Å². The maximum Gasteiger partial charge on any atom is 0.131 e. The quantitative estimate of drug-likeness (QED) is 0.706. The summed E-state index contributed by atoms with van der Waals surface area (Å²) in [6, 6.07) is 9.91. The zero-order valence-corrected chi connectivity index (χ0v) is 15.6. The summed E-state index contributed by atoms with van der Waals surface area (Å²) in [6.45, 7) is 0.676. The zero-order valence-electron chi connectivity index (χ0n) is 14.0. The molecule has 0 amide bonds. The van der Waals surface area contributed by atoms with E-state index >= 15 is 0 Å². The predicted molar refractivity (Wildman–Crippen MR) is 105 cm³/mol. The summed E-state index contributed by atoms with van der Waals surface area (Å²) in [4.78, 5) is 3.59. The van der Waals surface area contributed by atoms with E-state index in [0.29, 0.717) is 6.67 Å². The highest BCUT2D eigenvalue weighted by Gasteiger charge is 2.42. The lowest BCUT2D eigenvalue weighted by Crippen LogP contribution is -2.51.